The van der Waals surface area contributed by atoms with E-state index in [1.165, 1.54) is 0 Å². The molecule has 0 spiro atoms. The van der Waals surface area contributed by atoms with Gasteiger partial charge in [-0.05, 0) is 18.7 Å². The molecule has 0 saturated carbocycles. The molecule has 3 heterocycles. The SMILES string of the molecule is CC1(N2Cc3cscc3O2)CCC(=O)NC1=O. The van der Waals surface area contributed by atoms with E-state index >= 15 is 0 Å². The Hall–Kier alpha value is -1.40. The standard InChI is InChI=1S/C11H12N2O3S/c1-11(3-2-9(14)12-10(11)15)13-4-7-5-17-6-8(7)16-13/h5-6H,2-4H2,1H3,(H,12,14,15). The Balaban J connectivity index is 1.83. The summed E-state index contributed by atoms with van der Waals surface area (Å²) < 4.78 is 0. The summed E-state index contributed by atoms with van der Waals surface area (Å²) in [4.78, 5) is 28.8. The molecular weight excluding hydrogens is 240 g/mol. The van der Waals surface area contributed by atoms with Gasteiger partial charge in [-0.1, -0.05) is 0 Å². The molecule has 1 fully saturated rings. The summed E-state index contributed by atoms with van der Waals surface area (Å²) in [7, 11) is 0. The molecule has 0 aromatic carbocycles. The highest BCUT2D eigenvalue weighted by atomic mass is 32.1. The summed E-state index contributed by atoms with van der Waals surface area (Å²) in [6, 6.07) is 0. The lowest BCUT2D eigenvalue weighted by molar-refractivity contribution is -0.169. The van der Waals surface area contributed by atoms with E-state index in [-0.39, 0.29) is 11.8 Å². The predicted molar refractivity (Wildman–Crippen MR) is 61.3 cm³/mol. The molecule has 2 aliphatic heterocycles. The van der Waals surface area contributed by atoms with Crippen LogP contribution >= 0.6 is 11.3 Å². The van der Waals surface area contributed by atoms with Crippen molar-refractivity contribution in [1.82, 2.24) is 10.4 Å². The fraction of sp³-hybridized carbons (Fsp3) is 0.455. The number of imide groups is 1. The molecule has 1 atom stereocenters. The fourth-order valence-corrected chi connectivity index (χ4v) is 2.86. The van der Waals surface area contributed by atoms with E-state index in [0.29, 0.717) is 19.4 Å². The third-order valence-corrected chi connectivity index (χ3v) is 4.13. The van der Waals surface area contributed by atoms with Crippen molar-refractivity contribution in [2.45, 2.75) is 31.8 Å². The van der Waals surface area contributed by atoms with Crippen molar-refractivity contribution in [2.75, 3.05) is 0 Å². The zero-order chi connectivity index (χ0) is 12.0. The summed E-state index contributed by atoms with van der Waals surface area (Å²) in [5, 5.41) is 7.98. The van der Waals surface area contributed by atoms with Gasteiger partial charge in [-0.15, -0.1) is 16.4 Å². The number of nitrogens with zero attached hydrogens (tertiary/aromatic N) is 1. The fourth-order valence-electron chi connectivity index (χ4n) is 2.12. The number of nitrogens with one attached hydrogen (secondary N) is 1. The van der Waals surface area contributed by atoms with Crippen molar-refractivity contribution in [2.24, 2.45) is 0 Å². The van der Waals surface area contributed by atoms with Crippen LogP contribution in [0.2, 0.25) is 0 Å². The van der Waals surface area contributed by atoms with Crippen LogP contribution in [0.1, 0.15) is 25.3 Å². The van der Waals surface area contributed by atoms with E-state index < -0.39 is 5.54 Å². The molecule has 2 aliphatic rings. The number of piperidine rings is 1. The molecule has 0 radical (unpaired) electrons. The average molecular weight is 252 g/mol. The minimum absolute atomic E-state index is 0.208. The van der Waals surface area contributed by atoms with Gasteiger partial charge in [0.15, 0.2) is 5.75 Å². The van der Waals surface area contributed by atoms with Gasteiger partial charge in [-0.2, -0.15) is 0 Å². The Labute approximate surface area is 102 Å². The van der Waals surface area contributed by atoms with Crippen LogP contribution < -0.4 is 10.2 Å². The van der Waals surface area contributed by atoms with E-state index in [1.807, 2.05) is 17.7 Å². The van der Waals surface area contributed by atoms with Crippen molar-refractivity contribution >= 4 is 23.2 Å². The summed E-state index contributed by atoms with van der Waals surface area (Å²) in [6.45, 7) is 2.40. The van der Waals surface area contributed by atoms with Crippen LogP contribution in [0.25, 0.3) is 0 Å². The first-order chi connectivity index (χ1) is 8.09. The molecule has 1 aromatic rings. The molecule has 1 aromatic heterocycles. The number of hydrogen-bond acceptors (Lipinski definition) is 5. The Morgan fingerprint density at radius 3 is 3.00 bits per heavy atom. The van der Waals surface area contributed by atoms with Gasteiger partial charge in [-0.3, -0.25) is 14.9 Å². The molecule has 2 amide bonds. The lowest BCUT2D eigenvalue weighted by atomic mass is 9.90. The van der Waals surface area contributed by atoms with Gasteiger partial charge < -0.3 is 4.84 Å². The lowest BCUT2D eigenvalue weighted by Gasteiger charge is -2.37. The largest absolute Gasteiger partial charge is 0.403 e. The quantitative estimate of drug-likeness (QED) is 0.759. The maximum atomic E-state index is 11.9. The second kappa shape index (κ2) is 3.54. The monoisotopic (exact) mass is 252 g/mol. The molecule has 1 unspecified atom stereocenters. The highest BCUT2D eigenvalue weighted by molar-refractivity contribution is 7.08. The van der Waals surface area contributed by atoms with Crippen LogP contribution in [0.4, 0.5) is 0 Å². The molecule has 6 heteroatoms. The van der Waals surface area contributed by atoms with E-state index in [0.717, 1.165) is 11.3 Å². The number of thiophene rings is 1. The molecule has 5 nitrogen and oxygen atoms in total. The highest BCUT2D eigenvalue weighted by Gasteiger charge is 2.47. The van der Waals surface area contributed by atoms with Crippen LogP contribution in [0.5, 0.6) is 5.75 Å². The maximum absolute atomic E-state index is 11.9. The number of hydrogen-bond donors (Lipinski definition) is 1. The molecule has 17 heavy (non-hydrogen) atoms. The van der Waals surface area contributed by atoms with Gasteiger partial charge in [0.1, 0.15) is 5.54 Å². The molecule has 90 valence electrons. The minimum atomic E-state index is -0.759. The smallest absolute Gasteiger partial charge is 0.250 e. The number of carbonyl (C=O) groups excluding carboxylic acids is 2. The number of fused-ring (bicyclic) bond motifs is 1. The summed E-state index contributed by atoms with van der Waals surface area (Å²) in [5.74, 6) is 0.337. The van der Waals surface area contributed by atoms with Gasteiger partial charge in [0.2, 0.25) is 11.8 Å². The summed E-state index contributed by atoms with van der Waals surface area (Å²) in [5.41, 5.74) is 0.339. The van der Waals surface area contributed by atoms with Crippen LogP contribution in [0.3, 0.4) is 0 Å². The molecule has 3 rings (SSSR count). The van der Waals surface area contributed by atoms with Crippen molar-refractivity contribution in [3.05, 3.63) is 16.3 Å². The topological polar surface area (TPSA) is 58.6 Å². The van der Waals surface area contributed by atoms with Crippen LogP contribution in [-0.4, -0.2) is 22.4 Å². The van der Waals surface area contributed by atoms with Crippen LogP contribution in [-0.2, 0) is 16.1 Å². The molecule has 0 bridgehead atoms. The molecule has 1 N–H and O–H groups in total. The lowest BCUT2D eigenvalue weighted by Crippen LogP contribution is -2.60. The first kappa shape index (κ1) is 10.7. The van der Waals surface area contributed by atoms with Crippen molar-refractivity contribution in [3.63, 3.8) is 0 Å². The Morgan fingerprint density at radius 2 is 2.29 bits per heavy atom. The Bertz CT molecular complexity index is 478. The zero-order valence-electron chi connectivity index (χ0n) is 9.36. The van der Waals surface area contributed by atoms with E-state index in [9.17, 15) is 9.59 Å². The van der Waals surface area contributed by atoms with E-state index in [1.54, 1.807) is 16.4 Å². The second-order valence-corrected chi connectivity index (χ2v) is 5.28. The Kier molecular flexibility index (Phi) is 2.24. The first-order valence-corrected chi connectivity index (χ1v) is 6.39. The van der Waals surface area contributed by atoms with Gasteiger partial charge >= 0.3 is 0 Å². The third kappa shape index (κ3) is 1.56. The minimum Gasteiger partial charge on any atom is -0.403 e. The summed E-state index contributed by atoms with van der Waals surface area (Å²) in [6.07, 6.45) is 0.848. The van der Waals surface area contributed by atoms with Crippen molar-refractivity contribution in [1.29, 1.82) is 0 Å². The van der Waals surface area contributed by atoms with Crippen molar-refractivity contribution in [3.8, 4) is 5.75 Å². The Morgan fingerprint density at radius 1 is 1.47 bits per heavy atom. The molecular formula is C11H12N2O3S. The number of carbonyl (C=O) groups is 2. The number of rotatable bonds is 1. The van der Waals surface area contributed by atoms with Gasteiger partial charge in [0.25, 0.3) is 0 Å². The normalized spacial score (nSPS) is 28.8. The highest BCUT2D eigenvalue weighted by Crippen LogP contribution is 2.37. The first-order valence-electron chi connectivity index (χ1n) is 5.44. The number of amides is 2. The molecule has 0 aliphatic carbocycles. The third-order valence-electron chi connectivity index (χ3n) is 3.36. The predicted octanol–water partition coefficient (Wildman–Crippen LogP) is 1.05. The maximum Gasteiger partial charge on any atom is 0.250 e. The van der Waals surface area contributed by atoms with E-state index in [4.69, 9.17) is 4.84 Å². The second-order valence-electron chi connectivity index (χ2n) is 4.54. The average Bonchev–Trinajstić information content (AvgIpc) is 2.84. The van der Waals surface area contributed by atoms with E-state index in [2.05, 4.69) is 5.32 Å². The summed E-state index contributed by atoms with van der Waals surface area (Å²) >= 11 is 1.58. The number of hydroxylamine groups is 2. The van der Waals surface area contributed by atoms with Crippen molar-refractivity contribution < 1.29 is 14.4 Å². The molecule has 1 saturated heterocycles. The van der Waals surface area contributed by atoms with Crippen LogP contribution in [0.15, 0.2) is 10.8 Å². The van der Waals surface area contributed by atoms with Gasteiger partial charge in [0, 0.05) is 17.4 Å². The zero-order valence-corrected chi connectivity index (χ0v) is 10.2. The van der Waals surface area contributed by atoms with Gasteiger partial charge in [0.05, 0.1) is 6.54 Å². The van der Waals surface area contributed by atoms with Gasteiger partial charge in [-0.25, -0.2) is 0 Å². The van der Waals surface area contributed by atoms with Crippen LogP contribution in [0, 0.1) is 0 Å².